The average Bonchev–Trinajstić information content (AvgIpc) is 3.16. The van der Waals surface area contributed by atoms with Gasteiger partial charge in [0.25, 0.3) is 0 Å². The maximum absolute atomic E-state index is 12.1. The second kappa shape index (κ2) is 7.70. The minimum Gasteiger partial charge on any atom is -0.377 e. The van der Waals surface area contributed by atoms with Crippen LogP contribution in [0.5, 0.6) is 0 Å². The summed E-state index contributed by atoms with van der Waals surface area (Å²) in [6, 6.07) is 6.89. The quantitative estimate of drug-likeness (QED) is 0.636. The van der Waals surface area contributed by atoms with Crippen molar-refractivity contribution in [1.82, 2.24) is 24.6 Å². The molecule has 0 bridgehead atoms. The highest BCUT2D eigenvalue weighted by atomic mass is 16.5. The molecule has 0 unspecified atom stereocenters. The van der Waals surface area contributed by atoms with Crippen LogP contribution in [0, 0.1) is 0 Å². The number of carbonyl (C=O) groups excluding carboxylic acids is 1. The number of fused-ring (bicyclic) bond motifs is 2. The lowest BCUT2D eigenvalue weighted by molar-refractivity contribution is -0.129. The normalized spacial score (nSPS) is 18.2. The van der Waals surface area contributed by atoms with Gasteiger partial charge in [0.05, 0.1) is 25.8 Å². The topological polar surface area (TPSA) is 76.4 Å². The van der Waals surface area contributed by atoms with Gasteiger partial charge in [-0.1, -0.05) is 6.07 Å². The van der Waals surface area contributed by atoms with Gasteiger partial charge in [-0.3, -0.25) is 9.48 Å². The Bertz CT molecular complexity index is 1170. The van der Waals surface area contributed by atoms with Crippen molar-refractivity contribution in [1.29, 1.82) is 0 Å². The number of aryl methyl sites for hydroxylation is 1. The third kappa shape index (κ3) is 3.17. The standard InChI is InChI=1S/C24H26N6O2/c1-16(31)28-8-6-23-21(12-28)24(27-30(23)20-13-32-14-20)29-7-2-3-18-9-17(4-5-22(18)29)19-10-25-15-26-11-19/h4-5,9-11,15,20H,2-3,6-8,12-14H2,1H3. The van der Waals surface area contributed by atoms with E-state index < -0.39 is 0 Å². The Labute approximate surface area is 186 Å². The van der Waals surface area contributed by atoms with Crippen LogP contribution in [0.15, 0.2) is 36.9 Å². The number of ether oxygens (including phenoxy) is 1. The average molecular weight is 431 g/mol. The third-order valence-electron chi connectivity index (χ3n) is 6.82. The predicted molar refractivity (Wildman–Crippen MR) is 120 cm³/mol. The van der Waals surface area contributed by atoms with Crippen molar-refractivity contribution in [2.24, 2.45) is 0 Å². The number of amides is 1. The van der Waals surface area contributed by atoms with Gasteiger partial charge in [0.2, 0.25) is 5.91 Å². The smallest absolute Gasteiger partial charge is 0.219 e. The maximum atomic E-state index is 12.1. The molecule has 164 valence electrons. The molecule has 0 atom stereocenters. The van der Waals surface area contributed by atoms with Gasteiger partial charge in [0.1, 0.15) is 6.33 Å². The van der Waals surface area contributed by atoms with E-state index in [1.165, 1.54) is 22.5 Å². The molecule has 0 spiro atoms. The van der Waals surface area contributed by atoms with Crippen molar-refractivity contribution in [3.63, 3.8) is 0 Å². The fraction of sp³-hybridized carbons (Fsp3) is 0.417. The summed E-state index contributed by atoms with van der Waals surface area (Å²) in [5, 5.41) is 5.12. The molecule has 3 aromatic rings. The van der Waals surface area contributed by atoms with Gasteiger partial charge < -0.3 is 14.5 Å². The molecule has 1 fully saturated rings. The van der Waals surface area contributed by atoms with Crippen LogP contribution >= 0.6 is 0 Å². The van der Waals surface area contributed by atoms with Gasteiger partial charge in [0.15, 0.2) is 5.82 Å². The first kappa shape index (κ1) is 19.4. The van der Waals surface area contributed by atoms with Crippen LogP contribution in [0.3, 0.4) is 0 Å². The van der Waals surface area contributed by atoms with Crippen molar-refractivity contribution >= 4 is 17.4 Å². The molecule has 1 saturated heterocycles. The number of rotatable bonds is 3. The largest absolute Gasteiger partial charge is 0.377 e. The summed E-state index contributed by atoms with van der Waals surface area (Å²) in [4.78, 5) is 24.7. The first-order valence-corrected chi connectivity index (χ1v) is 11.3. The lowest BCUT2D eigenvalue weighted by atomic mass is 9.96. The summed E-state index contributed by atoms with van der Waals surface area (Å²) in [5.74, 6) is 1.12. The molecule has 6 rings (SSSR count). The van der Waals surface area contributed by atoms with Crippen molar-refractivity contribution in [2.75, 3.05) is 31.2 Å². The molecular formula is C24H26N6O2. The Hall–Kier alpha value is -3.26. The summed E-state index contributed by atoms with van der Waals surface area (Å²) in [6.07, 6.45) is 8.19. The van der Waals surface area contributed by atoms with Crippen molar-refractivity contribution < 1.29 is 9.53 Å². The van der Waals surface area contributed by atoms with Crippen LogP contribution in [-0.2, 0) is 28.9 Å². The Kier molecular flexibility index (Phi) is 4.68. The van der Waals surface area contributed by atoms with Crippen LogP contribution in [0.4, 0.5) is 11.5 Å². The second-order valence-corrected chi connectivity index (χ2v) is 8.80. The van der Waals surface area contributed by atoms with Crippen molar-refractivity contribution in [2.45, 2.75) is 38.8 Å². The molecule has 8 heteroatoms. The molecule has 32 heavy (non-hydrogen) atoms. The van der Waals surface area contributed by atoms with E-state index >= 15 is 0 Å². The maximum Gasteiger partial charge on any atom is 0.219 e. The van der Waals surface area contributed by atoms with E-state index in [4.69, 9.17) is 9.84 Å². The predicted octanol–water partition coefficient (Wildman–Crippen LogP) is 2.90. The minimum atomic E-state index is 0.120. The monoisotopic (exact) mass is 430 g/mol. The molecule has 1 aromatic carbocycles. The number of nitrogens with zero attached hydrogens (tertiary/aromatic N) is 6. The SMILES string of the molecule is CC(=O)N1CCc2c(c(N3CCCc4cc(-c5cncnc5)ccc43)nn2C2COC2)C1. The Morgan fingerprint density at radius 1 is 1.09 bits per heavy atom. The summed E-state index contributed by atoms with van der Waals surface area (Å²) < 4.78 is 7.63. The summed E-state index contributed by atoms with van der Waals surface area (Å²) in [6.45, 7) is 5.37. The van der Waals surface area contributed by atoms with Crippen molar-refractivity contribution in [3.05, 3.63) is 53.7 Å². The third-order valence-corrected chi connectivity index (χ3v) is 6.82. The first-order chi connectivity index (χ1) is 15.7. The van der Waals surface area contributed by atoms with Gasteiger partial charge in [0, 0.05) is 61.3 Å². The summed E-state index contributed by atoms with van der Waals surface area (Å²) in [7, 11) is 0. The fourth-order valence-electron chi connectivity index (χ4n) is 5.03. The fourth-order valence-corrected chi connectivity index (χ4v) is 5.03. The van der Waals surface area contributed by atoms with Crippen LogP contribution in [0.25, 0.3) is 11.1 Å². The van der Waals surface area contributed by atoms with E-state index in [2.05, 4.69) is 37.7 Å². The first-order valence-electron chi connectivity index (χ1n) is 11.3. The number of hydrogen-bond donors (Lipinski definition) is 0. The Balaban J connectivity index is 1.42. The van der Waals surface area contributed by atoms with Crippen LogP contribution in [0.1, 0.15) is 36.2 Å². The molecule has 0 N–H and O–H groups in total. The van der Waals surface area contributed by atoms with Gasteiger partial charge in [-0.25, -0.2) is 9.97 Å². The van der Waals surface area contributed by atoms with Crippen LogP contribution < -0.4 is 4.90 Å². The van der Waals surface area contributed by atoms with Gasteiger partial charge in [-0.15, -0.1) is 0 Å². The molecule has 2 aromatic heterocycles. The lowest BCUT2D eigenvalue weighted by Gasteiger charge is -2.33. The molecule has 8 nitrogen and oxygen atoms in total. The summed E-state index contributed by atoms with van der Waals surface area (Å²) >= 11 is 0. The summed E-state index contributed by atoms with van der Waals surface area (Å²) in [5.41, 5.74) is 7.12. The van der Waals surface area contributed by atoms with E-state index in [0.29, 0.717) is 25.8 Å². The lowest BCUT2D eigenvalue weighted by Crippen LogP contribution is -2.37. The van der Waals surface area contributed by atoms with E-state index in [1.54, 1.807) is 13.3 Å². The molecule has 0 saturated carbocycles. The number of hydrogen-bond acceptors (Lipinski definition) is 6. The highest BCUT2D eigenvalue weighted by molar-refractivity contribution is 5.76. The number of aromatic nitrogens is 4. The molecule has 3 aliphatic heterocycles. The van der Waals surface area contributed by atoms with E-state index in [-0.39, 0.29) is 5.91 Å². The molecular weight excluding hydrogens is 404 g/mol. The van der Waals surface area contributed by atoms with Gasteiger partial charge in [-0.05, 0) is 36.1 Å². The van der Waals surface area contributed by atoms with Gasteiger partial charge >= 0.3 is 0 Å². The van der Waals surface area contributed by atoms with Gasteiger partial charge in [-0.2, -0.15) is 5.10 Å². The minimum absolute atomic E-state index is 0.120. The highest BCUT2D eigenvalue weighted by Gasteiger charge is 2.34. The zero-order chi connectivity index (χ0) is 21.7. The number of anilines is 2. The van der Waals surface area contributed by atoms with E-state index in [9.17, 15) is 4.79 Å². The number of carbonyl (C=O) groups is 1. The second-order valence-electron chi connectivity index (χ2n) is 8.80. The van der Waals surface area contributed by atoms with Crippen molar-refractivity contribution in [3.8, 4) is 11.1 Å². The molecule has 5 heterocycles. The zero-order valence-corrected chi connectivity index (χ0v) is 18.2. The van der Waals surface area contributed by atoms with Crippen LogP contribution in [-0.4, -0.2) is 56.9 Å². The molecule has 3 aliphatic rings. The number of benzene rings is 1. The molecule has 0 radical (unpaired) electrons. The Morgan fingerprint density at radius 3 is 2.69 bits per heavy atom. The molecule has 0 aliphatic carbocycles. The van der Waals surface area contributed by atoms with Crippen LogP contribution in [0.2, 0.25) is 0 Å². The van der Waals surface area contributed by atoms with E-state index in [0.717, 1.165) is 49.3 Å². The highest BCUT2D eigenvalue weighted by Crippen LogP contribution is 2.40. The molecule has 1 amide bonds. The van der Waals surface area contributed by atoms with E-state index in [1.807, 2.05) is 17.3 Å². The Morgan fingerprint density at radius 2 is 1.94 bits per heavy atom. The zero-order valence-electron chi connectivity index (χ0n) is 18.2.